The second-order valence-corrected chi connectivity index (χ2v) is 5.95. The molecule has 146 valence electrons. The average Bonchev–Trinajstić information content (AvgIpc) is 2.78. The molecule has 0 radical (unpaired) electrons. The minimum Gasteiger partial charge on any atom is -0.493 e. The molecular formula is C21H19N5O3. The molecule has 1 heterocycles. The van der Waals surface area contributed by atoms with Gasteiger partial charge in [-0.05, 0) is 48.0 Å². The monoisotopic (exact) mass is 389 g/mol. The summed E-state index contributed by atoms with van der Waals surface area (Å²) in [5.41, 5.74) is 2.26. The van der Waals surface area contributed by atoms with E-state index in [0.717, 1.165) is 5.56 Å². The van der Waals surface area contributed by atoms with Gasteiger partial charge in [-0.25, -0.2) is 9.97 Å². The minimum atomic E-state index is -0.369. The fourth-order valence-corrected chi connectivity index (χ4v) is 2.57. The number of carbonyl (C=O) groups is 1. The maximum absolute atomic E-state index is 12.4. The summed E-state index contributed by atoms with van der Waals surface area (Å²) < 4.78 is 10.5. The number of nitrogens with zero attached hydrogens (tertiary/aromatic N) is 3. The van der Waals surface area contributed by atoms with Gasteiger partial charge in [0.2, 0.25) is 5.95 Å². The molecular weight excluding hydrogens is 370 g/mol. The first-order valence-electron chi connectivity index (χ1n) is 8.72. The second kappa shape index (κ2) is 9.19. The molecule has 0 aliphatic heterocycles. The Hall–Kier alpha value is -4.12. The molecule has 0 fully saturated rings. The fraction of sp³-hybridized carbons (Fsp3) is 0.143. The van der Waals surface area contributed by atoms with Gasteiger partial charge in [0.1, 0.15) is 5.69 Å². The van der Waals surface area contributed by atoms with Gasteiger partial charge in [0.05, 0.1) is 25.9 Å². The van der Waals surface area contributed by atoms with Gasteiger partial charge in [0, 0.05) is 18.4 Å². The number of hydrogen-bond acceptors (Lipinski definition) is 7. The van der Waals surface area contributed by atoms with Crippen molar-refractivity contribution in [1.29, 1.82) is 5.26 Å². The molecule has 2 aromatic carbocycles. The van der Waals surface area contributed by atoms with Crippen molar-refractivity contribution in [3.05, 3.63) is 71.5 Å². The van der Waals surface area contributed by atoms with Crippen LogP contribution in [0.5, 0.6) is 11.5 Å². The highest BCUT2D eigenvalue weighted by Gasteiger charge is 2.10. The summed E-state index contributed by atoms with van der Waals surface area (Å²) >= 11 is 0. The molecule has 0 atom stereocenters. The molecule has 29 heavy (non-hydrogen) atoms. The minimum absolute atomic E-state index is 0.221. The molecule has 0 unspecified atom stereocenters. The first kappa shape index (κ1) is 19.6. The fourth-order valence-electron chi connectivity index (χ4n) is 2.57. The van der Waals surface area contributed by atoms with E-state index in [2.05, 4.69) is 20.6 Å². The quantitative estimate of drug-likeness (QED) is 0.638. The second-order valence-electron chi connectivity index (χ2n) is 5.95. The van der Waals surface area contributed by atoms with Crippen molar-refractivity contribution in [3.63, 3.8) is 0 Å². The lowest BCUT2D eigenvalue weighted by molar-refractivity contribution is 0.102. The van der Waals surface area contributed by atoms with E-state index in [4.69, 9.17) is 14.7 Å². The number of ether oxygens (including phenoxy) is 2. The van der Waals surface area contributed by atoms with Crippen LogP contribution in [0.25, 0.3) is 0 Å². The zero-order chi connectivity index (χ0) is 20.6. The molecule has 0 aliphatic carbocycles. The van der Waals surface area contributed by atoms with E-state index in [1.807, 2.05) is 24.3 Å². The van der Waals surface area contributed by atoms with Gasteiger partial charge in [-0.1, -0.05) is 6.07 Å². The van der Waals surface area contributed by atoms with Crippen molar-refractivity contribution in [2.45, 2.75) is 6.54 Å². The number of rotatable bonds is 7. The van der Waals surface area contributed by atoms with Gasteiger partial charge in [0.25, 0.3) is 5.91 Å². The normalized spacial score (nSPS) is 9.97. The molecule has 8 heteroatoms. The summed E-state index contributed by atoms with van der Waals surface area (Å²) in [4.78, 5) is 20.8. The lowest BCUT2D eigenvalue weighted by atomic mass is 10.2. The molecule has 0 saturated carbocycles. The van der Waals surface area contributed by atoms with Crippen molar-refractivity contribution >= 4 is 17.5 Å². The van der Waals surface area contributed by atoms with E-state index in [0.29, 0.717) is 35.2 Å². The summed E-state index contributed by atoms with van der Waals surface area (Å²) in [5, 5.41) is 14.7. The van der Waals surface area contributed by atoms with Crippen LogP contribution in [0.15, 0.2) is 54.7 Å². The molecule has 0 aliphatic rings. The highest BCUT2D eigenvalue weighted by Crippen LogP contribution is 2.27. The van der Waals surface area contributed by atoms with Crippen LogP contribution in [0.2, 0.25) is 0 Å². The van der Waals surface area contributed by atoms with Crippen LogP contribution in [0.3, 0.4) is 0 Å². The Bertz CT molecular complexity index is 1040. The molecule has 1 aromatic heterocycles. The zero-order valence-corrected chi connectivity index (χ0v) is 16.0. The third-order valence-electron chi connectivity index (χ3n) is 4.06. The van der Waals surface area contributed by atoms with Crippen molar-refractivity contribution in [2.75, 3.05) is 24.9 Å². The summed E-state index contributed by atoms with van der Waals surface area (Å²) in [7, 11) is 3.16. The van der Waals surface area contributed by atoms with Crippen LogP contribution < -0.4 is 20.1 Å². The lowest BCUT2D eigenvalue weighted by Gasteiger charge is -2.11. The van der Waals surface area contributed by atoms with E-state index >= 15 is 0 Å². The Morgan fingerprint density at radius 1 is 1.07 bits per heavy atom. The first-order chi connectivity index (χ1) is 14.1. The molecule has 2 N–H and O–H groups in total. The van der Waals surface area contributed by atoms with E-state index in [-0.39, 0.29) is 11.6 Å². The number of anilines is 2. The first-order valence-corrected chi connectivity index (χ1v) is 8.72. The predicted octanol–water partition coefficient (Wildman–Crippen LogP) is 3.23. The number of nitrogens with one attached hydrogen (secondary N) is 2. The molecule has 3 rings (SSSR count). The molecule has 8 nitrogen and oxygen atoms in total. The highest BCUT2D eigenvalue weighted by atomic mass is 16.5. The van der Waals surface area contributed by atoms with Crippen molar-refractivity contribution in [3.8, 4) is 17.6 Å². The van der Waals surface area contributed by atoms with Crippen LogP contribution in [0.1, 0.15) is 21.6 Å². The van der Waals surface area contributed by atoms with Crippen LogP contribution >= 0.6 is 0 Å². The van der Waals surface area contributed by atoms with Gasteiger partial charge in [-0.2, -0.15) is 5.26 Å². The number of hydrogen-bond donors (Lipinski definition) is 2. The van der Waals surface area contributed by atoms with Crippen LogP contribution in [-0.4, -0.2) is 30.1 Å². The summed E-state index contributed by atoms with van der Waals surface area (Å²) in [5.74, 6) is 1.23. The van der Waals surface area contributed by atoms with Gasteiger partial charge < -0.3 is 20.1 Å². The smallest absolute Gasteiger partial charge is 0.274 e. The van der Waals surface area contributed by atoms with Gasteiger partial charge in [-0.3, -0.25) is 4.79 Å². The Morgan fingerprint density at radius 2 is 1.83 bits per heavy atom. The number of nitriles is 1. The van der Waals surface area contributed by atoms with E-state index in [1.54, 1.807) is 38.5 Å². The maximum atomic E-state index is 12.4. The largest absolute Gasteiger partial charge is 0.493 e. The van der Waals surface area contributed by atoms with Gasteiger partial charge in [-0.15, -0.1) is 0 Å². The Labute approximate surface area is 168 Å². The van der Waals surface area contributed by atoms with Crippen molar-refractivity contribution in [1.82, 2.24) is 9.97 Å². The Morgan fingerprint density at radius 3 is 2.52 bits per heavy atom. The number of benzene rings is 2. The molecule has 3 aromatic rings. The summed E-state index contributed by atoms with van der Waals surface area (Å²) in [6, 6.07) is 15.7. The zero-order valence-electron chi connectivity index (χ0n) is 16.0. The molecule has 0 spiro atoms. The number of amides is 1. The third-order valence-corrected chi connectivity index (χ3v) is 4.06. The van der Waals surface area contributed by atoms with Crippen LogP contribution in [0.4, 0.5) is 11.6 Å². The van der Waals surface area contributed by atoms with Gasteiger partial charge >= 0.3 is 0 Å². The topological polar surface area (TPSA) is 109 Å². The maximum Gasteiger partial charge on any atom is 0.274 e. The van der Waals surface area contributed by atoms with E-state index in [1.165, 1.54) is 12.3 Å². The lowest BCUT2D eigenvalue weighted by Crippen LogP contribution is -2.15. The Balaban J connectivity index is 1.66. The SMILES string of the molecule is COc1ccc(CNc2nccc(C(=O)Nc3ccc(C#N)cc3)n2)cc1OC. The molecule has 0 bridgehead atoms. The van der Waals surface area contributed by atoms with E-state index < -0.39 is 0 Å². The van der Waals surface area contributed by atoms with Crippen LogP contribution in [-0.2, 0) is 6.54 Å². The number of methoxy groups -OCH3 is 2. The van der Waals surface area contributed by atoms with Gasteiger partial charge in [0.15, 0.2) is 11.5 Å². The Kier molecular flexibility index (Phi) is 6.22. The van der Waals surface area contributed by atoms with Crippen LogP contribution in [0, 0.1) is 11.3 Å². The van der Waals surface area contributed by atoms with Crippen molar-refractivity contribution in [2.24, 2.45) is 0 Å². The van der Waals surface area contributed by atoms with Crippen molar-refractivity contribution < 1.29 is 14.3 Å². The standard InChI is InChI=1S/C21H19N5O3/c1-28-18-8-5-15(11-19(18)29-2)13-24-21-23-10-9-17(26-21)20(27)25-16-6-3-14(12-22)4-7-16/h3-11H,13H2,1-2H3,(H,25,27)(H,23,24,26). The summed E-state index contributed by atoms with van der Waals surface area (Å²) in [6.45, 7) is 0.445. The molecule has 0 saturated heterocycles. The van der Waals surface area contributed by atoms with E-state index in [9.17, 15) is 4.79 Å². The average molecular weight is 389 g/mol. The number of aromatic nitrogens is 2. The summed E-state index contributed by atoms with van der Waals surface area (Å²) in [6.07, 6.45) is 1.51. The third kappa shape index (κ3) is 4.99. The number of carbonyl (C=O) groups excluding carboxylic acids is 1. The highest BCUT2D eigenvalue weighted by molar-refractivity contribution is 6.02. The predicted molar refractivity (Wildman–Crippen MR) is 108 cm³/mol. The molecule has 1 amide bonds.